The van der Waals surface area contributed by atoms with Gasteiger partial charge in [-0.15, -0.1) is 0 Å². The van der Waals surface area contributed by atoms with Gasteiger partial charge in [-0.2, -0.15) is 26.2 Å². The molecule has 0 fully saturated rings. The van der Waals surface area contributed by atoms with Crippen LogP contribution in [0.2, 0.25) is 0 Å². The molecule has 0 amide bonds. The van der Waals surface area contributed by atoms with E-state index in [1.807, 2.05) is 0 Å². The van der Waals surface area contributed by atoms with Gasteiger partial charge in [0, 0.05) is 16.8 Å². The summed E-state index contributed by atoms with van der Waals surface area (Å²) in [6.07, 6.45) is 0. The second kappa shape index (κ2) is 57.9. The van der Waals surface area contributed by atoms with Crippen LogP contribution in [-0.2, 0) is 54.7 Å². The molecule has 17 heavy (non-hydrogen) atoms. The molecule has 2 N–H and O–H groups in total. The Morgan fingerprint density at radius 1 is 0.824 bits per heavy atom. The van der Waals surface area contributed by atoms with E-state index in [-0.39, 0.29) is 16.8 Å². The van der Waals surface area contributed by atoms with Crippen LogP contribution in [0.25, 0.3) is 16.8 Å². The van der Waals surface area contributed by atoms with Crippen molar-refractivity contribution in [1.82, 2.24) is 0 Å². The molecule has 0 aliphatic rings. The number of hydrogen-bond acceptors (Lipinski definition) is 6. The summed E-state index contributed by atoms with van der Waals surface area (Å²) in [7, 11) is 0. The van der Waals surface area contributed by atoms with Gasteiger partial charge in [-0.05, 0) is 0 Å². The predicted molar refractivity (Wildman–Crippen MR) is 70.4 cm³/mol. The Kier molecular flexibility index (Phi) is 102. The summed E-state index contributed by atoms with van der Waals surface area (Å²) < 4.78 is 0. The minimum Gasteiger partial charge on any atom is -0.696 e. The first-order valence-corrected chi connectivity index (χ1v) is 4.85. The molecule has 0 heterocycles. The van der Waals surface area contributed by atoms with Crippen LogP contribution in [0.5, 0.6) is 0 Å². The largest absolute Gasteiger partial charge is 0.696 e. The normalized spacial score (nSPS) is 5.12. The maximum atomic E-state index is 7.13. The molecule has 0 aromatic carbocycles. The Morgan fingerprint density at radius 2 is 1.00 bits per heavy atom. The third-order valence-electron chi connectivity index (χ3n) is 0.540. The zero-order valence-electron chi connectivity index (χ0n) is 8.68. The molecule has 0 saturated heterocycles. The van der Waals surface area contributed by atoms with Crippen molar-refractivity contribution in [3.63, 3.8) is 0 Å². The van der Waals surface area contributed by atoms with Crippen molar-refractivity contribution in [2.45, 2.75) is 0 Å². The van der Waals surface area contributed by atoms with E-state index in [2.05, 4.69) is 43.2 Å². The molecule has 0 saturated carbocycles. The number of thiocyanates is 3. The van der Waals surface area contributed by atoms with Crippen LogP contribution in [0, 0.1) is 32.0 Å². The summed E-state index contributed by atoms with van der Waals surface area (Å²) in [4.78, 5) is 0. The second-order valence-electron chi connectivity index (χ2n) is 1.44. The molecule has 10 heteroatoms. The molecule has 0 bridgehead atoms. The van der Waals surface area contributed by atoms with E-state index in [0.717, 1.165) is 0 Å². The van der Waals surface area contributed by atoms with Crippen molar-refractivity contribution in [3.05, 3.63) is 16.8 Å². The minimum atomic E-state index is 0. The van der Waals surface area contributed by atoms with Crippen molar-refractivity contribution in [3.8, 4) is 16.2 Å². The van der Waals surface area contributed by atoms with Crippen molar-refractivity contribution >= 4 is 37.9 Å². The molecule has 6 nitrogen and oxygen atoms in total. The molecular formula is C7H10CoN6S3-6. The summed E-state index contributed by atoms with van der Waals surface area (Å²) in [5.41, 5.74) is 13.3. The number of rotatable bonds is 4. The fraction of sp³-hybridized carbons (Fsp3) is 0.571. The molecule has 0 rings (SSSR count). The van der Waals surface area contributed by atoms with Crippen LogP contribution in [0.15, 0.2) is 0 Å². The van der Waals surface area contributed by atoms with E-state index in [9.17, 15) is 0 Å². The average Bonchev–Trinajstić information content (AvgIpc) is 2.22. The maximum absolute atomic E-state index is 7.13. The van der Waals surface area contributed by atoms with Crippen LogP contribution in [0.1, 0.15) is 0 Å². The Balaban J connectivity index is -0.0000000411. The quantitative estimate of drug-likeness (QED) is 0.435. The molecule has 0 aliphatic heterocycles. The van der Waals surface area contributed by atoms with E-state index in [4.69, 9.17) is 27.3 Å². The van der Waals surface area contributed by atoms with Gasteiger partial charge in [-0.3, -0.25) is 0 Å². The van der Waals surface area contributed by atoms with Gasteiger partial charge in [-0.1, -0.05) is 16.2 Å². The third kappa shape index (κ3) is 229. The van der Waals surface area contributed by atoms with E-state index >= 15 is 0 Å². The smallest absolute Gasteiger partial charge is 0 e. The number of nitriles is 3. The predicted octanol–water partition coefficient (Wildman–Crippen LogP) is 1.51. The van der Waals surface area contributed by atoms with Gasteiger partial charge < -0.3 is 54.7 Å². The topological polar surface area (TPSA) is 133 Å². The first kappa shape index (κ1) is 30.0. The monoisotopic (exact) mass is 333 g/mol. The standard InChI is InChI=1S/C4H10N3.3CHNS.Co/c5-1-3-7-4-2-6;3*2-1-3;/h5-6H,1-4H2;3*3H;/q-3;;;;/p-3. The van der Waals surface area contributed by atoms with E-state index in [1.165, 1.54) is 16.2 Å². The van der Waals surface area contributed by atoms with Gasteiger partial charge in [0.2, 0.25) is 0 Å². The zero-order valence-corrected chi connectivity index (χ0v) is 12.2. The van der Waals surface area contributed by atoms with Gasteiger partial charge in [-0.25, -0.2) is 15.8 Å². The summed E-state index contributed by atoms with van der Waals surface area (Å²) in [5, 5.41) is 29.2. The van der Waals surface area contributed by atoms with Crippen LogP contribution < -0.4 is 0 Å². The third-order valence-corrected chi connectivity index (χ3v) is 0.540. The van der Waals surface area contributed by atoms with Gasteiger partial charge in [0.1, 0.15) is 0 Å². The fourth-order valence-electron chi connectivity index (χ4n) is 0.270. The Morgan fingerprint density at radius 3 is 1.12 bits per heavy atom. The van der Waals surface area contributed by atoms with Crippen molar-refractivity contribution in [1.29, 1.82) is 15.8 Å². The van der Waals surface area contributed by atoms with Crippen LogP contribution >= 0.6 is 0 Å². The van der Waals surface area contributed by atoms with Crippen molar-refractivity contribution < 1.29 is 16.8 Å². The maximum Gasteiger partial charge on any atom is 0 e. The Hall–Kier alpha value is -0.484. The van der Waals surface area contributed by atoms with E-state index < -0.39 is 0 Å². The summed E-state index contributed by atoms with van der Waals surface area (Å²) in [6, 6.07) is 0. The van der Waals surface area contributed by atoms with E-state index in [0.29, 0.717) is 26.2 Å². The molecule has 1 radical (unpaired) electrons. The first-order valence-electron chi connectivity index (χ1n) is 3.62. The van der Waals surface area contributed by atoms with Crippen LogP contribution in [0.4, 0.5) is 0 Å². The molecule has 0 aromatic rings. The van der Waals surface area contributed by atoms with Gasteiger partial charge in [0.15, 0.2) is 0 Å². The number of nitrogens with zero attached hydrogens (tertiary/aromatic N) is 4. The number of nitrogens with one attached hydrogen (secondary N) is 2. The van der Waals surface area contributed by atoms with Crippen molar-refractivity contribution in [2.24, 2.45) is 0 Å². The fourth-order valence-corrected chi connectivity index (χ4v) is 0.270. The summed E-state index contributed by atoms with van der Waals surface area (Å²) in [6.45, 7) is 1.91. The molecular weight excluding hydrogens is 323 g/mol. The van der Waals surface area contributed by atoms with Crippen molar-refractivity contribution in [2.75, 3.05) is 26.2 Å². The van der Waals surface area contributed by atoms with Gasteiger partial charge in [0.25, 0.3) is 0 Å². The molecule has 0 aliphatic carbocycles. The summed E-state index contributed by atoms with van der Waals surface area (Å²) >= 11 is 11.1. The summed E-state index contributed by atoms with van der Waals surface area (Å²) in [5.74, 6) is 0. The molecule has 0 aromatic heterocycles. The number of hydrogen-bond donors (Lipinski definition) is 0. The SMILES string of the molecule is N#C[S-].N#C[S-].N#C[S-].[Co].[NH-]CC[N-]CC[NH-]. The molecule has 0 spiro atoms. The molecule has 0 atom stereocenters. The molecule has 0 unspecified atom stereocenters. The zero-order chi connectivity index (χ0) is 13.7. The first-order chi connectivity index (χ1) is 7.66. The van der Waals surface area contributed by atoms with Crippen LogP contribution in [-0.4, -0.2) is 26.2 Å². The Bertz CT molecular complexity index is 177. The van der Waals surface area contributed by atoms with Gasteiger partial charge in [0.05, 0.1) is 0 Å². The average molecular weight is 333 g/mol. The Labute approximate surface area is 129 Å². The van der Waals surface area contributed by atoms with Crippen LogP contribution in [0.3, 0.4) is 0 Å². The molecule has 101 valence electrons. The minimum absolute atomic E-state index is 0. The second-order valence-corrected chi connectivity index (χ2v) is 1.99. The van der Waals surface area contributed by atoms with E-state index in [1.54, 1.807) is 0 Å². The van der Waals surface area contributed by atoms with Gasteiger partial charge >= 0.3 is 0 Å².